The van der Waals surface area contributed by atoms with Gasteiger partial charge in [-0.3, -0.25) is 4.79 Å². The van der Waals surface area contributed by atoms with Crippen LogP contribution in [0.25, 0.3) is 0 Å². The molecule has 0 aromatic carbocycles. The highest BCUT2D eigenvalue weighted by atomic mass is 16.1. The fourth-order valence-corrected chi connectivity index (χ4v) is 2.46. The molecule has 2 atom stereocenters. The van der Waals surface area contributed by atoms with Crippen molar-refractivity contribution < 1.29 is 4.79 Å². The molecule has 0 aromatic heterocycles. The highest BCUT2D eigenvalue weighted by Gasteiger charge is 2.33. The average molecular weight is 211 g/mol. The first-order chi connectivity index (χ1) is 7.10. The summed E-state index contributed by atoms with van der Waals surface area (Å²) in [6, 6.07) is 0. The van der Waals surface area contributed by atoms with E-state index in [-0.39, 0.29) is 11.3 Å². The van der Waals surface area contributed by atoms with Crippen LogP contribution in [0.4, 0.5) is 0 Å². The molecule has 0 radical (unpaired) electrons. The number of ketones is 1. The van der Waals surface area contributed by atoms with Crippen LogP contribution in [-0.4, -0.2) is 18.9 Å². The van der Waals surface area contributed by atoms with E-state index in [0.717, 1.165) is 45.2 Å². The van der Waals surface area contributed by atoms with Gasteiger partial charge in [-0.25, -0.2) is 0 Å². The predicted molar refractivity (Wildman–Crippen MR) is 63.9 cm³/mol. The molecular formula is C13H25NO. The Morgan fingerprint density at radius 3 is 2.73 bits per heavy atom. The van der Waals surface area contributed by atoms with Gasteiger partial charge in [0.05, 0.1) is 0 Å². The van der Waals surface area contributed by atoms with Crippen LogP contribution in [0.5, 0.6) is 0 Å². The van der Waals surface area contributed by atoms with Gasteiger partial charge in [-0.2, -0.15) is 0 Å². The summed E-state index contributed by atoms with van der Waals surface area (Å²) >= 11 is 0. The van der Waals surface area contributed by atoms with E-state index in [1.807, 2.05) is 0 Å². The molecule has 1 N–H and O–H groups in total. The zero-order valence-corrected chi connectivity index (χ0v) is 10.4. The largest absolute Gasteiger partial charge is 0.317 e. The van der Waals surface area contributed by atoms with E-state index >= 15 is 0 Å². The molecule has 1 fully saturated rings. The topological polar surface area (TPSA) is 29.1 Å². The smallest absolute Gasteiger partial charge is 0.141 e. The van der Waals surface area contributed by atoms with Crippen molar-refractivity contribution in [1.29, 1.82) is 0 Å². The van der Waals surface area contributed by atoms with Crippen molar-refractivity contribution in [2.45, 2.75) is 52.9 Å². The second-order valence-corrected chi connectivity index (χ2v) is 5.18. The Kier molecular flexibility index (Phi) is 4.78. The van der Waals surface area contributed by atoms with Crippen LogP contribution in [-0.2, 0) is 4.79 Å². The van der Waals surface area contributed by atoms with Gasteiger partial charge in [-0.15, -0.1) is 0 Å². The van der Waals surface area contributed by atoms with Crippen LogP contribution in [0.1, 0.15) is 52.9 Å². The van der Waals surface area contributed by atoms with Crippen LogP contribution in [0.2, 0.25) is 0 Å². The highest BCUT2D eigenvalue weighted by molar-refractivity contribution is 5.86. The molecule has 0 bridgehead atoms. The van der Waals surface area contributed by atoms with E-state index < -0.39 is 0 Å². The molecule has 0 spiro atoms. The van der Waals surface area contributed by atoms with Crippen LogP contribution in [0.3, 0.4) is 0 Å². The SMILES string of the molecule is CCC1(C)CCCNCCCC(C)C1=O. The number of rotatable bonds is 1. The Hall–Kier alpha value is -0.370. The maximum absolute atomic E-state index is 12.3. The minimum Gasteiger partial charge on any atom is -0.317 e. The molecule has 1 aliphatic rings. The van der Waals surface area contributed by atoms with Gasteiger partial charge in [0.2, 0.25) is 0 Å². The first-order valence-corrected chi connectivity index (χ1v) is 6.35. The molecule has 2 unspecified atom stereocenters. The van der Waals surface area contributed by atoms with Gasteiger partial charge in [-0.1, -0.05) is 20.8 Å². The van der Waals surface area contributed by atoms with Gasteiger partial charge in [0, 0.05) is 11.3 Å². The van der Waals surface area contributed by atoms with E-state index in [1.165, 1.54) is 0 Å². The summed E-state index contributed by atoms with van der Waals surface area (Å²) in [6.07, 6.45) is 5.33. The minimum atomic E-state index is -0.0710. The first kappa shape index (κ1) is 12.7. The number of Topliss-reactive ketones (excluding diaryl/α,β-unsaturated/α-hetero) is 1. The Morgan fingerprint density at radius 2 is 2.07 bits per heavy atom. The second kappa shape index (κ2) is 5.64. The lowest BCUT2D eigenvalue weighted by atomic mass is 9.73. The summed E-state index contributed by atoms with van der Waals surface area (Å²) in [6.45, 7) is 8.52. The third-order valence-electron chi connectivity index (χ3n) is 3.90. The van der Waals surface area contributed by atoms with Gasteiger partial charge >= 0.3 is 0 Å². The Morgan fingerprint density at radius 1 is 1.40 bits per heavy atom. The average Bonchev–Trinajstić information content (AvgIpc) is 2.25. The molecule has 1 saturated heterocycles. The van der Waals surface area contributed by atoms with Crippen molar-refractivity contribution in [1.82, 2.24) is 5.32 Å². The number of nitrogens with one attached hydrogen (secondary N) is 1. The van der Waals surface area contributed by atoms with Crippen molar-refractivity contribution >= 4 is 5.78 Å². The number of carbonyl (C=O) groups excluding carboxylic acids is 1. The summed E-state index contributed by atoms with van der Waals surface area (Å²) in [5.41, 5.74) is -0.0710. The second-order valence-electron chi connectivity index (χ2n) is 5.18. The van der Waals surface area contributed by atoms with Crippen molar-refractivity contribution in [3.05, 3.63) is 0 Å². The Labute approximate surface area is 93.8 Å². The van der Waals surface area contributed by atoms with Crippen molar-refractivity contribution in [2.75, 3.05) is 13.1 Å². The lowest BCUT2D eigenvalue weighted by molar-refractivity contribution is -0.132. The molecule has 0 saturated carbocycles. The zero-order chi connectivity index (χ0) is 11.3. The Balaban J connectivity index is 2.69. The molecule has 1 aliphatic heterocycles. The third kappa shape index (κ3) is 3.30. The zero-order valence-electron chi connectivity index (χ0n) is 10.4. The van der Waals surface area contributed by atoms with Gasteiger partial charge in [0.15, 0.2) is 0 Å². The molecule has 0 amide bonds. The maximum Gasteiger partial charge on any atom is 0.141 e. The van der Waals surface area contributed by atoms with Crippen molar-refractivity contribution in [2.24, 2.45) is 11.3 Å². The molecule has 15 heavy (non-hydrogen) atoms. The van der Waals surface area contributed by atoms with Gasteiger partial charge in [0.25, 0.3) is 0 Å². The molecular weight excluding hydrogens is 186 g/mol. The quantitative estimate of drug-likeness (QED) is 0.722. The normalized spacial score (nSPS) is 35.1. The lowest BCUT2D eigenvalue weighted by Gasteiger charge is -2.30. The van der Waals surface area contributed by atoms with Gasteiger partial charge < -0.3 is 5.32 Å². The number of hydrogen-bond donors (Lipinski definition) is 1. The molecule has 0 aromatic rings. The first-order valence-electron chi connectivity index (χ1n) is 6.35. The molecule has 1 heterocycles. The van der Waals surface area contributed by atoms with E-state index in [2.05, 4.69) is 26.1 Å². The summed E-state index contributed by atoms with van der Waals surface area (Å²) in [7, 11) is 0. The van der Waals surface area contributed by atoms with E-state index in [1.54, 1.807) is 0 Å². The highest BCUT2D eigenvalue weighted by Crippen LogP contribution is 2.33. The standard InChI is InChI=1S/C13H25NO/c1-4-13(3)8-6-10-14-9-5-7-11(2)12(13)15/h11,14H,4-10H2,1-3H3. The number of carbonyl (C=O) groups is 1. The maximum atomic E-state index is 12.3. The van der Waals surface area contributed by atoms with Crippen LogP contribution in [0.15, 0.2) is 0 Å². The van der Waals surface area contributed by atoms with Crippen molar-refractivity contribution in [3.63, 3.8) is 0 Å². The van der Waals surface area contributed by atoms with Crippen molar-refractivity contribution in [3.8, 4) is 0 Å². The van der Waals surface area contributed by atoms with Crippen LogP contribution >= 0.6 is 0 Å². The predicted octanol–water partition coefficient (Wildman–Crippen LogP) is 2.77. The monoisotopic (exact) mass is 211 g/mol. The van der Waals surface area contributed by atoms with E-state index in [4.69, 9.17) is 0 Å². The fraction of sp³-hybridized carbons (Fsp3) is 0.923. The molecule has 2 nitrogen and oxygen atoms in total. The van der Waals surface area contributed by atoms with E-state index in [0.29, 0.717) is 5.78 Å². The summed E-state index contributed by atoms with van der Waals surface area (Å²) in [5, 5.41) is 3.44. The molecule has 0 aliphatic carbocycles. The van der Waals surface area contributed by atoms with Crippen LogP contribution in [0, 0.1) is 11.3 Å². The van der Waals surface area contributed by atoms with Gasteiger partial charge in [0.1, 0.15) is 5.78 Å². The van der Waals surface area contributed by atoms with Crippen LogP contribution < -0.4 is 5.32 Å². The lowest BCUT2D eigenvalue weighted by Crippen LogP contribution is -2.34. The molecule has 2 heteroatoms. The minimum absolute atomic E-state index is 0.0710. The van der Waals surface area contributed by atoms with Gasteiger partial charge in [-0.05, 0) is 45.2 Å². The summed E-state index contributed by atoms with van der Waals surface area (Å²) in [4.78, 5) is 12.3. The van der Waals surface area contributed by atoms with E-state index in [9.17, 15) is 4.79 Å². The molecule has 1 rings (SSSR count). The fourth-order valence-electron chi connectivity index (χ4n) is 2.46. The summed E-state index contributed by atoms with van der Waals surface area (Å²) in [5.74, 6) is 0.738. The third-order valence-corrected chi connectivity index (χ3v) is 3.90. The molecule has 88 valence electrons. The summed E-state index contributed by atoms with van der Waals surface area (Å²) < 4.78 is 0. The Bertz CT molecular complexity index is 215. The number of hydrogen-bond acceptors (Lipinski definition) is 2.